The smallest absolute Gasteiger partial charge is 0.123 e. The maximum atomic E-state index is 13.0. The average molecular weight is 325 g/mol. The first-order valence-corrected chi connectivity index (χ1v) is 8.17. The molecule has 0 saturated heterocycles. The summed E-state index contributed by atoms with van der Waals surface area (Å²) < 4.78 is 13.0. The van der Waals surface area contributed by atoms with Gasteiger partial charge in [-0.15, -0.1) is 0 Å². The van der Waals surface area contributed by atoms with E-state index >= 15 is 0 Å². The lowest BCUT2D eigenvalue weighted by Crippen LogP contribution is -1.84. The largest absolute Gasteiger partial charge is 0.256 e. The number of hydrogen-bond donors (Lipinski definition) is 0. The molecule has 0 amide bonds. The number of rotatable bonds is 3. The standard InChI is InChI=1S/C23H16FN/c24-22-14-12-20(13-15-22)18-6-4-17(5-7-18)19-8-10-21(11-9-19)23-3-1-2-16-25-23/h1-16H. The van der Waals surface area contributed by atoms with E-state index in [1.54, 1.807) is 18.3 Å². The summed E-state index contributed by atoms with van der Waals surface area (Å²) in [5.41, 5.74) is 6.48. The Balaban J connectivity index is 1.59. The Morgan fingerprint density at radius 2 is 0.920 bits per heavy atom. The van der Waals surface area contributed by atoms with Crippen molar-refractivity contribution in [3.63, 3.8) is 0 Å². The molecule has 0 aliphatic carbocycles. The van der Waals surface area contributed by atoms with Gasteiger partial charge >= 0.3 is 0 Å². The average Bonchev–Trinajstić information content (AvgIpc) is 2.70. The Kier molecular flexibility index (Phi) is 4.09. The number of hydrogen-bond acceptors (Lipinski definition) is 1. The number of halogens is 1. The van der Waals surface area contributed by atoms with Crippen molar-refractivity contribution in [3.8, 4) is 33.5 Å². The molecule has 0 aliphatic heterocycles. The zero-order valence-electron chi connectivity index (χ0n) is 13.6. The highest BCUT2D eigenvalue weighted by molar-refractivity contribution is 5.72. The summed E-state index contributed by atoms with van der Waals surface area (Å²) in [6.45, 7) is 0. The van der Waals surface area contributed by atoms with Crippen LogP contribution in [0.1, 0.15) is 0 Å². The number of aromatic nitrogens is 1. The third-order valence-corrected chi connectivity index (χ3v) is 4.24. The minimum atomic E-state index is -0.214. The summed E-state index contributed by atoms with van der Waals surface area (Å²) in [6.07, 6.45) is 1.80. The first kappa shape index (κ1) is 15.3. The van der Waals surface area contributed by atoms with Crippen LogP contribution in [0, 0.1) is 5.82 Å². The fourth-order valence-electron chi connectivity index (χ4n) is 2.86. The third kappa shape index (κ3) is 3.33. The van der Waals surface area contributed by atoms with E-state index in [2.05, 4.69) is 53.5 Å². The number of pyridine rings is 1. The van der Waals surface area contributed by atoms with Crippen LogP contribution < -0.4 is 0 Å². The molecule has 0 radical (unpaired) electrons. The van der Waals surface area contributed by atoms with Crippen LogP contribution in [0.25, 0.3) is 33.5 Å². The quantitative estimate of drug-likeness (QED) is 0.435. The summed E-state index contributed by atoms with van der Waals surface area (Å²) >= 11 is 0. The minimum Gasteiger partial charge on any atom is -0.256 e. The summed E-state index contributed by atoms with van der Waals surface area (Å²) in [4.78, 5) is 4.38. The molecule has 0 aliphatic rings. The van der Waals surface area contributed by atoms with Gasteiger partial charge in [-0.3, -0.25) is 4.98 Å². The second-order valence-corrected chi connectivity index (χ2v) is 5.88. The molecular weight excluding hydrogens is 309 g/mol. The van der Waals surface area contributed by atoms with Gasteiger partial charge in [-0.25, -0.2) is 4.39 Å². The molecule has 0 bridgehead atoms. The van der Waals surface area contributed by atoms with Crippen molar-refractivity contribution in [2.24, 2.45) is 0 Å². The topological polar surface area (TPSA) is 12.9 Å². The van der Waals surface area contributed by atoms with Gasteiger partial charge in [-0.05, 0) is 46.5 Å². The van der Waals surface area contributed by atoms with Gasteiger partial charge in [-0.1, -0.05) is 66.7 Å². The van der Waals surface area contributed by atoms with Crippen molar-refractivity contribution in [2.75, 3.05) is 0 Å². The molecule has 1 nitrogen and oxygen atoms in total. The molecule has 0 unspecified atom stereocenters. The van der Waals surface area contributed by atoms with Crippen molar-refractivity contribution < 1.29 is 4.39 Å². The van der Waals surface area contributed by atoms with Crippen LogP contribution in [0.4, 0.5) is 4.39 Å². The van der Waals surface area contributed by atoms with Crippen LogP contribution >= 0.6 is 0 Å². The van der Waals surface area contributed by atoms with Crippen LogP contribution in [0.3, 0.4) is 0 Å². The lowest BCUT2D eigenvalue weighted by molar-refractivity contribution is 0.628. The minimum absolute atomic E-state index is 0.214. The van der Waals surface area contributed by atoms with Crippen molar-refractivity contribution in [1.82, 2.24) is 4.98 Å². The predicted molar refractivity (Wildman–Crippen MR) is 101 cm³/mol. The van der Waals surface area contributed by atoms with Gasteiger partial charge in [0, 0.05) is 11.8 Å². The highest BCUT2D eigenvalue weighted by Gasteiger charge is 2.03. The fraction of sp³-hybridized carbons (Fsp3) is 0. The molecule has 0 atom stereocenters. The van der Waals surface area contributed by atoms with Crippen LogP contribution in [0.15, 0.2) is 97.2 Å². The Morgan fingerprint density at radius 3 is 1.36 bits per heavy atom. The van der Waals surface area contributed by atoms with Crippen molar-refractivity contribution in [3.05, 3.63) is 103 Å². The van der Waals surface area contributed by atoms with Crippen molar-refractivity contribution in [2.45, 2.75) is 0 Å². The van der Waals surface area contributed by atoms with Gasteiger partial charge in [0.15, 0.2) is 0 Å². The SMILES string of the molecule is Fc1ccc(-c2ccc(-c3ccc(-c4ccccn4)cc3)cc2)cc1. The van der Waals surface area contributed by atoms with E-state index in [0.717, 1.165) is 33.5 Å². The highest BCUT2D eigenvalue weighted by atomic mass is 19.1. The second kappa shape index (κ2) is 6.70. The molecule has 4 aromatic rings. The highest BCUT2D eigenvalue weighted by Crippen LogP contribution is 2.27. The molecule has 1 heterocycles. The van der Waals surface area contributed by atoms with E-state index in [1.807, 2.05) is 18.2 Å². The number of nitrogens with zero attached hydrogens (tertiary/aromatic N) is 1. The number of benzene rings is 3. The summed E-state index contributed by atoms with van der Waals surface area (Å²) in [5.74, 6) is -0.214. The molecule has 25 heavy (non-hydrogen) atoms. The maximum absolute atomic E-state index is 13.0. The molecule has 0 fully saturated rings. The third-order valence-electron chi connectivity index (χ3n) is 4.24. The maximum Gasteiger partial charge on any atom is 0.123 e. The predicted octanol–water partition coefficient (Wildman–Crippen LogP) is 6.22. The van der Waals surface area contributed by atoms with E-state index in [9.17, 15) is 4.39 Å². The molecule has 0 N–H and O–H groups in total. The molecule has 0 spiro atoms. The Labute approximate surface area is 146 Å². The zero-order chi connectivity index (χ0) is 17.1. The van der Waals surface area contributed by atoms with Gasteiger partial charge in [0.1, 0.15) is 5.82 Å². The molecule has 0 saturated carbocycles. The Morgan fingerprint density at radius 1 is 0.480 bits per heavy atom. The van der Waals surface area contributed by atoms with E-state index in [0.29, 0.717) is 0 Å². The Bertz CT molecular complexity index is 957. The molecule has 4 rings (SSSR count). The van der Waals surface area contributed by atoms with Gasteiger partial charge in [0.05, 0.1) is 5.69 Å². The van der Waals surface area contributed by atoms with E-state index in [4.69, 9.17) is 0 Å². The van der Waals surface area contributed by atoms with E-state index in [1.165, 1.54) is 12.1 Å². The second-order valence-electron chi connectivity index (χ2n) is 5.88. The monoisotopic (exact) mass is 325 g/mol. The molecular formula is C23H16FN. The normalized spacial score (nSPS) is 10.6. The summed E-state index contributed by atoms with van der Waals surface area (Å²) in [5, 5.41) is 0. The molecule has 120 valence electrons. The van der Waals surface area contributed by atoms with E-state index in [-0.39, 0.29) is 5.82 Å². The van der Waals surface area contributed by atoms with Crippen LogP contribution in [-0.4, -0.2) is 4.98 Å². The molecule has 2 heteroatoms. The lowest BCUT2D eigenvalue weighted by atomic mass is 9.99. The van der Waals surface area contributed by atoms with Gasteiger partial charge in [0.25, 0.3) is 0 Å². The fourth-order valence-corrected chi connectivity index (χ4v) is 2.86. The first-order chi connectivity index (χ1) is 12.3. The zero-order valence-corrected chi connectivity index (χ0v) is 13.6. The van der Waals surface area contributed by atoms with Crippen molar-refractivity contribution >= 4 is 0 Å². The van der Waals surface area contributed by atoms with Crippen molar-refractivity contribution in [1.29, 1.82) is 0 Å². The van der Waals surface area contributed by atoms with Gasteiger partial charge < -0.3 is 0 Å². The Hall–Kier alpha value is -3.26. The summed E-state index contributed by atoms with van der Waals surface area (Å²) in [7, 11) is 0. The molecule has 1 aromatic heterocycles. The lowest BCUT2D eigenvalue weighted by Gasteiger charge is -2.06. The molecule has 3 aromatic carbocycles. The van der Waals surface area contributed by atoms with Crippen LogP contribution in [0.2, 0.25) is 0 Å². The van der Waals surface area contributed by atoms with Crippen LogP contribution in [-0.2, 0) is 0 Å². The summed E-state index contributed by atoms with van der Waals surface area (Å²) in [6, 6.07) is 29.2. The van der Waals surface area contributed by atoms with Crippen LogP contribution in [0.5, 0.6) is 0 Å². The first-order valence-electron chi connectivity index (χ1n) is 8.17. The van der Waals surface area contributed by atoms with Gasteiger partial charge in [-0.2, -0.15) is 0 Å². The van der Waals surface area contributed by atoms with E-state index < -0.39 is 0 Å². The van der Waals surface area contributed by atoms with Gasteiger partial charge in [0.2, 0.25) is 0 Å².